The van der Waals surface area contributed by atoms with E-state index in [9.17, 15) is 14.0 Å². The maximum atomic E-state index is 13.0. The van der Waals surface area contributed by atoms with Crippen LogP contribution < -0.4 is 17.0 Å². The number of rotatable bonds is 4. The molecule has 2 rings (SSSR count). The summed E-state index contributed by atoms with van der Waals surface area (Å²) in [5, 5.41) is 0.230. The minimum atomic E-state index is -0.469. The number of nitrogens with zero attached hydrogens (tertiary/aromatic N) is 2. The molecular formula is C13H13ClFN3O2. The maximum Gasteiger partial charge on any atom is 0.331 e. The molecule has 0 radical (unpaired) electrons. The molecule has 0 aliphatic carbocycles. The molecule has 7 heteroatoms. The first-order chi connectivity index (χ1) is 9.52. The molecule has 0 amide bonds. The number of hydrogen-bond donors (Lipinski definition) is 1. The Morgan fingerprint density at radius 1 is 1.25 bits per heavy atom. The van der Waals surface area contributed by atoms with Crippen LogP contribution in [0.2, 0.25) is 5.02 Å². The summed E-state index contributed by atoms with van der Waals surface area (Å²) in [6.07, 6.45) is 1.39. The summed E-state index contributed by atoms with van der Waals surface area (Å²) >= 11 is 5.92. The maximum absolute atomic E-state index is 13.0. The molecule has 0 aliphatic rings. The number of halogens is 2. The van der Waals surface area contributed by atoms with Crippen LogP contribution in [-0.2, 0) is 13.1 Å². The molecule has 0 atom stereocenters. The van der Waals surface area contributed by atoms with Gasteiger partial charge in [0, 0.05) is 30.4 Å². The second-order valence-electron chi connectivity index (χ2n) is 4.24. The molecule has 0 aliphatic heterocycles. The third kappa shape index (κ3) is 2.97. The monoisotopic (exact) mass is 297 g/mol. The fourth-order valence-corrected chi connectivity index (χ4v) is 2.07. The molecular weight excluding hydrogens is 285 g/mol. The van der Waals surface area contributed by atoms with E-state index in [1.807, 2.05) is 0 Å². The predicted molar refractivity (Wildman–Crippen MR) is 74.5 cm³/mol. The summed E-state index contributed by atoms with van der Waals surface area (Å²) in [4.78, 5) is 23.7. The van der Waals surface area contributed by atoms with Crippen LogP contribution in [0.15, 0.2) is 40.1 Å². The van der Waals surface area contributed by atoms with E-state index in [0.717, 1.165) is 4.57 Å². The lowest BCUT2D eigenvalue weighted by atomic mass is 10.2. The molecule has 1 aromatic heterocycles. The van der Waals surface area contributed by atoms with Crippen molar-refractivity contribution < 1.29 is 4.39 Å². The normalized spacial score (nSPS) is 10.8. The van der Waals surface area contributed by atoms with Crippen LogP contribution in [0.1, 0.15) is 5.56 Å². The van der Waals surface area contributed by atoms with Crippen molar-refractivity contribution in [2.24, 2.45) is 5.73 Å². The van der Waals surface area contributed by atoms with Gasteiger partial charge in [-0.1, -0.05) is 17.7 Å². The van der Waals surface area contributed by atoms with Crippen molar-refractivity contribution in [3.8, 4) is 0 Å². The van der Waals surface area contributed by atoms with Crippen molar-refractivity contribution in [3.05, 3.63) is 67.7 Å². The van der Waals surface area contributed by atoms with Crippen LogP contribution in [0.5, 0.6) is 0 Å². The Morgan fingerprint density at radius 2 is 2.00 bits per heavy atom. The fourth-order valence-electron chi connectivity index (χ4n) is 1.85. The van der Waals surface area contributed by atoms with E-state index in [0.29, 0.717) is 5.56 Å². The molecule has 0 fully saturated rings. The smallest absolute Gasteiger partial charge is 0.329 e. The van der Waals surface area contributed by atoms with Gasteiger partial charge >= 0.3 is 5.69 Å². The summed E-state index contributed by atoms with van der Waals surface area (Å²) in [5.74, 6) is -0.445. The van der Waals surface area contributed by atoms with Crippen LogP contribution in [0, 0.1) is 5.82 Å². The van der Waals surface area contributed by atoms with Gasteiger partial charge in [-0.15, -0.1) is 0 Å². The molecule has 2 aromatic rings. The van der Waals surface area contributed by atoms with Gasteiger partial charge in [0.05, 0.1) is 6.54 Å². The summed E-state index contributed by atoms with van der Waals surface area (Å²) in [5.41, 5.74) is 5.09. The number of aromatic nitrogens is 2. The van der Waals surface area contributed by atoms with Gasteiger partial charge in [0.25, 0.3) is 5.56 Å². The highest BCUT2D eigenvalue weighted by atomic mass is 35.5. The van der Waals surface area contributed by atoms with E-state index in [2.05, 4.69) is 0 Å². The molecule has 0 saturated carbocycles. The molecule has 1 heterocycles. The SMILES string of the molecule is NCCn1c(=O)ccn(Cc2ccc(F)cc2Cl)c1=O. The Hall–Kier alpha value is -1.92. The zero-order valence-electron chi connectivity index (χ0n) is 10.6. The fraction of sp³-hybridized carbons (Fsp3) is 0.231. The average molecular weight is 298 g/mol. The summed E-state index contributed by atoms with van der Waals surface area (Å²) in [7, 11) is 0. The Bertz CT molecular complexity index is 739. The Balaban J connectivity index is 2.42. The van der Waals surface area contributed by atoms with E-state index in [-0.39, 0.29) is 24.7 Å². The largest absolute Gasteiger partial charge is 0.331 e. The van der Waals surface area contributed by atoms with Gasteiger partial charge < -0.3 is 5.73 Å². The minimum absolute atomic E-state index is 0.148. The van der Waals surface area contributed by atoms with Gasteiger partial charge in [-0.25, -0.2) is 9.18 Å². The van der Waals surface area contributed by atoms with Crippen molar-refractivity contribution in [2.75, 3.05) is 6.54 Å². The molecule has 0 bridgehead atoms. The number of nitrogens with two attached hydrogens (primary N) is 1. The average Bonchev–Trinajstić information content (AvgIpc) is 2.40. The highest BCUT2D eigenvalue weighted by Gasteiger charge is 2.07. The summed E-state index contributed by atoms with van der Waals surface area (Å²) in [6, 6.07) is 5.23. The molecule has 106 valence electrons. The predicted octanol–water partition coefficient (Wildman–Crippen LogP) is 0.810. The van der Waals surface area contributed by atoms with Crippen molar-refractivity contribution in [1.82, 2.24) is 9.13 Å². The molecule has 1 aromatic carbocycles. The van der Waals surface area contributed by atoms with E-state index < -0.39 is 17.1 Å². The molecule has 0 spiro atoms. The van der Waals surface area contributed by atoms with Crippen LogP contribution in [0.25, 0.3) is 0 Å². The van der Waals surface area contributed by atoms with Crippen molar-refractivity contribution >= 4 is 11.6 Å². The first-order valence-corrected chi connectivity index (χ1v) is 6.35. The number of benzene rings is 1. The number of hydrogen-bond acceptors (Lipinski definition) is 3. The first kappa shape index (κ1) is 14.5. The quantitative estimate of drug-likeness (QED) is 0.908. The lowest BCUT2D eigenvalue weighted by molar-refractivity contribution is 0.578. The summed E-state index contributed by atoms with van der Waals surface area (Å²) in [6.45, 7) is 0.495. The summed E-state index contributed by atoms with van der Waals surface area (Å²) < 4.78 is 15.4. The second kappa shape index (κ2) is 6.02. The standard InChI is InChI=1S/C13H13ClFN3O2/c14-11-7-10(15)2-1-9(11)8-17-5-3-12(19)18(6-4-16)13(17)20/h1-3,5,7H,4,6,8,16H2. The molecule has 0 saturated heterocycles. The van der Waals surface area contributed by atoms with Gasteiger partial charge in [-0.05, 0) is 17.7 Å². The lowest BCUT2D eigenvalue weighted by Crippen LogP contribution is -2.40. The van der Waals surface area contributed by atoms with Crippen LogP contribution in [0.4, 0.5) is 4.39 Å². The van der Waals surface area contributed by atoms with Crippen molar-refractivity contribution in [1.29, 1.82) is 0 Å². The Labute approximate surface area is 119 Å². The molecule has 2 N–H and O–H groups in total. The van der Waals surface area contributed by atoms with Gasteiger partial charge in [0.15, 0.2) is 0 Å². The van der Waals surface area contributed by atoms with E-state index >= 15 is 0 Å². The second-order valence-corrected chi connectivity index (χ2v) is 4.65. The van der Waals surface area contributed by atoms with Gasteiger partial charge in [0.2, 0.25) is 0 Å². The first-order valence-electron chi connectivity index (χ1n) is 5.97. The van der Waals surface area contributed by atoms with Gasteiger partial charge in [0.1, 0.15) is 5.82 Å². The zero-order valence-corrected chi connectivity index (χ0v) is 11.3. The van der Waals surface area contributed by atoms with Gasteiger partial charge in [-0.2, -0.15) is 0 Å². The Kier molecular flexibility index (Phi) is 4.36. The van der Waals surface area contributed by atoms with E-state index in [1.54, 1.807) is 0 Å². The molecule has 0 unspecified atom stereocenters. The molecule has 5 nitrogen and oxygen atoms in total. The minimum Gasteiger partial charge on any atom is -0.329 e. The van der Waals surface area contributed by atoms with Crippen molar-refractivity contribution in [2.45, 2.75) is 13.1 Å². The van der Waals surface area contributed by atoms with Gasteiger partial charge in [-0.3, -0.25) is 13.9 Å². The van der Waals surface area contributed by atoms with Crippen LogP contribution >= 0.6 is 11.6 Å². The zero-order chi connectivity index (χ0) is 14.7. The van der Waals surface area contributed by atoms with Crippen LogP contribution in [-0.4, -0.2) is 15.7 Å². The third-order valence-electron chi connectivity index (χ3n) is 2.85. The molecule has 20 heavy (non-hydrogen) atoms. The van der Waals surface area contributed by atoms with E-state index in [1.165, 1.54) is 35.0 Å². The van der Waals surface area contributed by atoms with E-state index in [4.69, 9.17) is 17.3 Å². The lowest BCUT2D eigenvalue weighted by Gasteiger charge is -2.10. The highest BCUT2D eigenvalue weighted by Crippen LogP contribution is 2.17. The van der Waals surface area contributed by atoms with Crippen LogP contribution in [0.3, 0.4) is 0 Å². The highest BCUT2D eigenvalue weighted by molar-refractivity contribution is 6.31. The third-order valence-corrected chi connectivity index (χ3v) is 3.20. The topological polar surface area (TPSA) is 70.0 Å². The van der Waals surface area contributed by atoms with Crippen molar-refractivity contribution in [3.63, 3.8) is 0 Å². The Morgan fingerprint density at radius 3 is 2.65 bits per heavy atom.